The lowest BCUT2D eigenvalue weighted by atomic mass is 10.0. The number of hydrogen-bond donors (Lipinski definition) is 2. The molecule has 14 heteroatoms. The summed E-state index contributed by atoms with van der Waals surface area (Å²) in [6, 6.07) is 13.3. The normalized spacial score (nSPS) is 13.7. The van der Waals surface area contributed by atoms with E-state index in [1.54, 1.807) is 30.5 Å². The van der Waals surface area contributed by atoms with Crippen LogP contribution in [0.15, 0.2) is 71.8 Å². The fraction of sp³-hybridized carbons (Fsp3) is 0.167. The molecule has 44 heavy (non-hydrogen) atoms. The van der Waals surface area contributed by atoms with E-state index in [9.17, 15) is 17.2 Å². The first-order chi connectivity index (χ1) is 21.2. The molecule has 5 aromatic rings. The van der Waals surface area contributed by atoms with Crippen molar-refractivity contribution in [3.63, 3.8) is 0 Å². The van der Waals surface area contributed by atoms with Crippen molar-refractivity contribution in [2.24, 2.45) is 0 Å². The molecule has 226 valence electrons. The summed E-state index contributed by atoms with van der Waals surface area (Å²) < 4.78 is 83.5. The van der Waals surface area contributed by atoms with Crippen LogP contribution in [0.25, 0.3) is 33.4 Å². The van der Waals surface area contributed by atoms with Crippen LogP contribution in [0.4, 0.5) is 30.5 Å². The standard InChI is InChI=1S/C30H25F3N6O4S/c1-42-24-15-18(19-4-2-7-23(26(19)33)38-44(40,41)28-21(31)5-3-6-22(28)32)14-20-27(24)36-29(17-8-9-25(34)35-16-17)37-30(20)39-10-12-43-13-11-39/h2-9,14-16,38H,10-13H2,1H3,(H2,34,35). The SMILES string of the molecule is COc1cc(-c2cccc(NS(=O)(=O)c3c(F)cccc3F)c2F)cc2c(N3CCOCC3)nc(-c3ccc(N)nc3)nc12. The summed E-state index contributed by atoms with van der Waals surface area (Å²) >= 11 is 0. The van der Waals surface area contributed by atoms with E-state index in [0.29, 0.717) is 71.5 Å². The number of aromatic nitrogens is 3. The Balaban J connectivity index is 1.49. The van der Waals surface area contributed by atoms with Crippen LogP contribution in [0.3, 0.4) is 0 Å². The molecule has 6 rings (SSSR count). The molecule has 3 heterocycles. The third kappa shape index (κ3) is 5.44. The van der Waals surface area contributed by atoms with E-state index in [0.717, 1.165) is 24.3 Å². The largest absolute Gasteiger partial charge is 0.494 e. The number of sulfonamides is 1. The Kier molecular flexibility index (Phi) is 7.69. The zero-order valence-electron chi connectivity index (χ0n) is 23.2. The topological polar surface area (TPSA) is 133 Å². The lowest BCUT2D eigenvalue weighted by Gasteiger charge is -2.29. The zero-order chi connectivity index (χ0) is 31.0. The Hall–Kier alpha value is -4.95. The van der Waals surface area contributed by atoms with E-state index in [4.69, 9.17) is 25.2 Å². The summed E-state index contributed by atoms with van der Waals surface area (Å²) in [6.07, 6.45) is 1.57. The smallest absolute Gasteiger partial charge is 0.267 e. The van der Waals surface area contributed by atoms with Gasteiger partial charge in [-0.25, -0.2) is 36.5 Å². The van der Waals surface area contributed by atoms with Crippen LogP contribution in [-0.4, -0.2) is 56.8 Å². The Morgan fingerprint density at radius 1 is 0.955 bits per heavy atom. The fourth-order valence-electron chi connectivity index (χ4n) is 4.95. The average Bonchev–Trinajstić information content (AvgIpc) is 3.01. The number of hydrogen-bond acceptors (Lipinski definition) is 9. The predicted molar refractivity (Wildman–Crippen MR) is 159 cm³/mol. The molecule has 10 nitrogen and oxygen atoms in total. The van der Waals surface area contributed by atoms with Gasteiger partial charge in [0.15, 0.2) is 16.5 Å². The molecule has 2 aromatic heterocycles. The number of fused-ring (bicyclic) bond motifs is 1. The van der Waals surface area contributed by atoms with Gasteiger partial charge < -0.3 is 20.1 Å². The maximum Gasteiger partial charge on any atom is 0.267 e. The van der Waals surface area contributed by atoms with Crippen LogP contribution in [0.5, 0.6) is 5.75 Å². The molecular weight excluding hydrogens is 597 g/mol. The van der Waals surface area contributed by atoms with Crippen molar-refractivity contribution in [1.29, 1.82) is 0 Å². The van der Waals surface area contributed by atoms with Crippen LogP contribution < -0.4 is 20.1 Å². The van der Waals surface area contributed by atoms with E-state index in [1.165, 1.54) is 19.2 Å². The molecule has 0 spiro atoms. The van der Waals surface area contributed by atoms with Crippen molar-refractivity contribution in [2.45, 2.75) is 4.90 Å². The van der Waals surface area contributed by atoms with E-state index in [-0.39, 0.29) is 5.56 Å². The van der Waals surface area contributed by atoms with Gasteiger partial charge in [0.2, 0.25) is 0 Å². The molecule has 0 aliphatic carbocycles. The number of nitrogen functional groups attached to an aromatic ring is 1. The van der Waals surface area contributed by atoms with Crippen molar-refractivity contribution in [1.82, 2.24) is 15.0 Å². The third-order valence-electron chi connectivity index (χ3n) is 7.06. The molecule has 3 aromatic carbocycles. The average molecular weight is 623 g/mol. The van der Waals surface area contributed by atoms with Gasteiger partial charge in [-0.3, -0.25) is 4.72 Å². The van der Waals surface area contributed by atoms with Gasteiger partial charge in [0.05, 0.1) is 26.0 Å². The zero-order valence-corrected chi connectivity index (χ0v) is 24.0. The molecule has 0 amide bonds. The number of pyridine rings is 1. The molecular formula is C30H25F3N6O4S. The number of halogens is 3. The van der Waals surface area contributed by atoms with Gasteiger partial charge >= 0.3 is 0 Å². The Morgan fingerprint density at radius 2 is 1.68 bits per heavy atom. The number of anilines is 3. The first-order valence-corrected chi connectivity index (χ1v) is 14.8. The second-order valence-electron chi connectivity index (χ2n) is 9.84. The summed E-state index contributed by atoms with van der Waals surface area (Å²) in [5, 5.41) is 0.548. The highest BCUT2D eigenvalue weighted by Gasteiger charge is 2.26. The van der Waals surface area contributed by atoms with Crippen molar-refractivity contribution < 1.29 is 31.1 Å². The number of morpholine rings is 1. The second-order valence-corrected chi connectivity index (χ2v) is 11.5. The number of ether oxygens (including phenoxy) is 2. The van der Waals surface area contributed by atoms with Gasteiger partial charge in [-0.05, 0) is 48.0 Å². The first-order valence-electron chi connectivity index (χ1n) is 13.4. The van der Waals surface area contributed by atoms with Crippen molar-refractivity contribution in [2.75, 3.05) is 48.8 Å². The predicted octanol–water partition coefficient (Wildman–Crippen LogP) is 5.00. The van der Waals surface area contributed by atoms with Crippen LogP contribution in [-0.2, 0) is 14.8 Å². The molecule has 1 saturated heterocycles. The Bertz CT molecular complexity index is 1970. The minimum Gasteiger partial charge on any atom is -0.494 e. The molecule has 1 aliphatic heterocycles. The van der Waals surface area contributed by atoms with E-state index in [1.807, 2.05) is 9.62 Å². The summed E-state index contributed by atoms with van der Waals surface area (Å²) in [5.41, 5.74) is 6.66. The lowest BCUT2D eigenvalue weighted by molar-refractivity contribution is 0.122. The number of nitrogens with one attached hydrogen (secondary N) is 1. The highest BCUT2D eigenvalue weighted by molar-refractivity contribution is 7.92. The first kappa shape index (κ1) is 29.1. The highest BCUT2D eigenvalue weighted by atomic mass is 32.2. The molecule has 1 fully saturated rings. The van der Waals surface area contributed by atoms with E-state index < -0.39 is 38.1 Å². The monoisotopic (exact) mass is 622 g/mol. The Morgan fingerprint density at radius 3 is 2.36 bits per heavy atom. The number of nitrogens with two attached hydrogens (primary N) is 1. The summed E-state index contributed by atoms with van der Waals surface area (Å²) in [5.74, 6) is -2.00. The number of nitrogens with zero attached hydrogens (tertiary/aromatic N) is 4. The fourth-order valence-corrected chi connectivity index (χ4v) is 6.15. The van der Waals surface area contributed by atoms with Crippen LogP contribution >= 0.6 is 0 Å². The van der Waals surface area contributed by atoms with Crippen molar-refractivity contribution in [3.05, 3.63) is 84.3 Å². The third-order valence-corrected chi connectivity index (χ3v) is 8.48. The lowest BCUT2D eigenvalue weighted by Crippen LogP contribution is -2.37. The molecule has 0 radical (unpaired) electrons. The number of benzene rings is 3. The van der Waals surface area contributed by atoms with Gasteiger partial charge in [0.1, 0.15) is 34.5 Å². The van der Waals surface area contributed by atoms with Crippen molar-refractivity contribution in [3.8, 4) is 28.3 Å². The van der Waals surface area contributed by atoms with E-state index in [2.05, 4.69) is 4.98 Å². The molecule has 1 aliphatic rings. The molecule has 3 N–H and O–H groups in total. The summed E-state index contributed by atoms with van der Waals surface area (Å²) in [4.78, 5) is 14.5. The van der Waals surface area contributed by atoms with Gasteiger partial charge in [0, 0.05) is 35.8 Å². The highest BCUT2D eigenvalue weighted by Crippen LogP contribution is 2.39. The van der Waals surface area contributed by atoms with Gasteiger partial charge in [0.25, 0.3) is 10.0 Å². The van der Waals surface area contributed by atoms with Crippen molar-refractivity contribution >= 4 is 38.2 Å². The number of rotatable bonds is 7. The van der Waals surface area contributed by atoms with Crippen LogP contribution in [0.2, 0.25) is 0 Å². The van der Waals surface area contributed by atoms with Gasteiger partial charge in [-0.1, -0.05) is 18.2 Å². The van der Waals surface area contributed by atoms with Crippen LogP contribution in [0.1, 0.15) is 0 Å². The van der Waals surface area contributed by atoms with Gasteiger partial charge in [-0.2, -0.15) is 0 Å². The minimum absolute atomic E-state index is 0.000792. The maximum atomic E-state index is 16.0. The number of methoxy groups -OCH3 is 1. The Labute approximate surface area is 250 Å². The maximum absolute atomic E-state index is 16.0. The molecule has 0 bridgehead atoms. The molecule has 0 atom stereocenters. The van der Waals surface area contributed by atoms with E-state index >= 15 is 4.39 Å². The van der Waals surface area contributed by atoms with Gasteiger partial charge in [-0.15, -0.1) is 0 Å². The molecule has 0 saturated carbocycles. The second kappa shape index (κ2) is 11.6. The summed E-state index contributed by atoms with van der Waals surface area (Å²) in [6.45, 7) is 2.02. The molecule has 0 unspecified atom stereocenters. The quantitative estimate of drug-likeness (QED) is 0.257. The van der Waals surface area contributed by atoms with Crippen LogP contribution in [0, 0.1) is 17.5 Å². The minimum atomic E-state index is -4.81. The summed E-state index contributed by atoms with van der Waals surface area (Å²) in [7, 11) is -3.37.